The van der Waals surface area contributed by atoms with Crippen LogP contribution in [0.2, 0.25) is 0 Å². The lowest BCUT2D eigenvalue weighted by atomic mass is 9.87. The maximum Gasteiger partial charge on any atom is 0.335 e. The minimum absolute atomic E-state index is 0.0144. The van der Waals surface area contributed by atoms with Crippen LogP contribution >= 0.6 is 11.3 Å². The Labute approximate surface area is 133 Å². The molecular weight excluding hydrogens is 302 g/mol. The Bertz CT molecular complexity index is 601. The van der Waals surface area contributed by atoms with Crippen LogP contribution in [-0.2, 0) is 17.6 Å². The number of amides is 1. The lowest BCUT2D eigenvalue weighted by molar-refractivity contribution is -0.162. The minimum Gasteiger partial charge on any atom is -0.479 e. The minimum atomic E-state index is -1.68. The Balaban J connectivity index is 1.73. The van der Waals surface area contributed by atoms with Crippen LogP contribution < -0.4 is 0 Å². The molecule has 6 heteroatoms. The van der Waals surface area contributed by atoms with E-state index in [2.05, 4.69) is 6.92 Å². The number of carbonyl (C=O) groups excluding carboxylic acids is 1. The number of fused-ring (bicyclic) bond motifs is 1. The SMILES string of the molecule is CC1CCc2c(C(=O)N3CCC(O)(C(=O)O)CC3)csc2C1. The highest BCUT2D eigenvalue weighted by Gasteiger charge is 2.41. The summed E-state index contributed by atoms with van der Waals surface area (Å²) in [5.41, 5.74) is 0.292. The van der Waals surface area contributed by atoms with Crippen LogP contribution in [0.25, 0.3) is 0 Å². The molecule has 1 amide bonds. The van der Waals surface area contributed by atoms with E-state index >= 15 is 0 Å². The van der Waals surface area contributed by atoms with Gasteiger partial charge in [0.2, 0.25) is 0 Å². The molecule has 0 bridgehead atoms. The largest absolute Gasteiger partial charge is 0.479 e. The molecule has 2 heterocycles. The number of likely N-dealkylation sites (tertiary alicyclic amines) is 1. The molecule has 2 aliphatic rings. The van der Waals surface area contributed by atoms with E-state index in [1.54, 1.807) is 16.2 Å². The molecule has 1 aliphatic heterocycles. The number of carboxylic acid groups (broad SMARTS) is 1. The molecule has 22 heavy (non-hydrogen) atoms. The number of rotatable bonds is 2. The van der Waals surface area contributed by atoms with Gasteiger partial charge in [0.1, 0.15) is 0 Å². The number of thiophene rings is 1. The second kappa shape index (κ2) is 5.66. The third-order valence-electron chi connectivity index (χ3n) is 4.91. The van der Waals surface area contributed by atoms with Crippen LogP contribution in [-0.4, -0.2) is 45.7 Å². The number of piperidine rings is 1. The third-order valence-corrected chi connectivity index (χ3v) is 5.96. The molecular formula is C16H21NO4S. The Kier molecular flexibility index (Phi) is 3.99. The fourth-order valence-corrected chi connectivity index (χ4v) is 4.56. The summed E-state index contributed by atoms with van der Waals surface area (Å²) < 4.78 is 0. The van der Waals surface area contributed by atoms with Crippen LogP contribution in [0, 0.1) is 5.92 Å². The van der Waals surface area contributed by atoms with Crippen molar-refractivity contribution >= 4 is 23.2 Å². The van der Waals surface area contributed by atoms with Gasteiger partial charge in [-0.3, -0.25) is 4.79 Å². The van der Waals surface area contributed by atoms with Crippen molar-refractivity contribution in [1.82, 2.24) is 4.90 Å². The smallest absolute Gasteiger partial charge is 0.335 e. The molecule has 5 nitrogen and oxygen atoms in total. The highest BCUT2D eigenvalue weighted by atomic mass is 32.1. The molecule has 2 N–H and O–H groups in total. The number of hydrogen-bond acceptors (Lipinski definition) is 4. The van der Waals surface area contributed by atoms with Gasteiger partial charge in [-0.1, -0.05) is 6.92 Å². The second-order valence-electron chi connectivity index (χ2n) is 6.53. The zero-order valence-corrected chi connectivity index (χ0v) is 13.5. The lowest BCUT2D eigenvalue weighted by Crippen LogP contribution is -2.50. The monoisotopic (exact) mass is 323 g/mol. The molecule has 3 rings (SSSR count). The van der Waals surface area contributed by atoms with Gasteiger partial charge in [0.05, 0.1) is 5.56 Å². The summed E-state index contributed by atoms with van der Waals surface area (Å²) in [4.78, 5) is 26.7. The van der Waals surface area contributed by atoms with Crippen molar-refractivity contribution in [1.29, 1.82) is 0 Å². The first-order chi connectivity index (χ1) is 10.4. The van der Waals surface area contributed by atoms with Crippen molar-refractivity contribution in [2.24, 2.45) is 5.92 Å². The summed E-state index contributed by atoms with van der Waals surface area (Å²) in [5.74, 6) is -0.532. The van der Waals surface area contributed by atoms with Crippen molar-refractivity contribution in [3.05, 3.63) is 21.4 Å². The Morgan fingerprint density at radius 2 is 2.05 bits per heavy atom. The van der Waals surface area contributed by atoms with Crippen molar-refractivity contribution < 1.29 is 19.8 Å². The highest BCUT2D eigenvalue weighted by Crippen LogP contribution is 2.34. The quantitative estimate of drug-likeness (QED) is 0.872. The summed E-state index contributed by atoms with van der Waals surface area (Å²) in [5, 5.41) is 20.9. The molecule has 1 atom stereocenters. The van der Waals surface area contributed by atoms with Crippen LogP contribution in [0.4, 0.5) is 0 Å². The van der Waals surface area contributed by atoms with E-state index in [9.17, 15) is 14.7 Å². The van der Waals surface area contributed by atoms with Crippen molar-refractivity contribution in [3.63, 3.8) is 0 Å². The van der Waals surface area contributed by atoms with Crippen LogP contribution in [0.15, 0.2) is 5.38 Å². The summed E-state index contributed by atoms with van der Waals surface area (Å²) in [6, 6.07) is 0. The standard InChI is InChI=1S/C16H21NO4S/c1-10-2-3-11-12(9-22-13(11)8-10)14(18)17-6-4-16(21,5-7-17)15(19)20/h9-10,21H,2-8H2,1H3,(H,19,20). The highest BCUT2D eigenvalue weighted by molar-refractivity contribution is 7.10. The molecule has 120 valence electrons. The summed E-state index contributed by atoms with van der Waals surface area (Å²) in [6.45, 7) is 2.83. The normalized spacial score (nSPS) is 23.9. The summed E-state index contributed by atoms with van der Waals surface area (Å²) in [7, 11) is 0. The van der Waals surface area contributed by atoms with E-state index in [4.69, 9.17) is 5.11 Å². The van der Waals surface area contributed by atoms with E-state index in [0.717, 1.165) is 24.8 Å². The van der Waals surface area contributed by atoms with E-state index in [1.165, 1.54) is 10.4 Å². The van der Waals surface area contributed by atoms with E-state index < -0.39 is 11.6 Å². The van der Waals surface area contributed by atoms with Gasteiger partial charge < -0.3 is 15.1 Å². The van der Waals surface area contributed by atoms with Gasteiger partial charge in [0.25, 0.3) is 5.91 Å². The zero-order valence-electron chi connectivity index (χ0n) is 12.7. The van der Waals surface area contributed by atoms with Gasteiger partial charge in [0.15, 0.2) is 5.60 Å². The Morgan fingerprint density at radius 3 is 2.68 bits per heavy atom. The second-order valence-corrected chi connectivity index (χ2v) is 7.49. The predicted molar refractivity (Wildman–Crippen MR) is 83.2 cm³/mol. The molecule has 1 aliphatic carbocycles. The Morgan fingerprint density at radius 1 is 1.36 bits per heavy atom. The number of carbonyl (C=O) groups is 2. The van der Waals surface area contributed by atoms with Gasteiger partial charge in [0, 0.05) is 36.2 Å². The maximum absolute atomic E-state index is 12.7. The van der Waals surface area contributed by atoms with Gasteiger partial charge >= 0.3 is 5.97 Å². The predicted octanol–water partition coefficient (Wildman–Crippen LogP) is 1.92. The zero-order chi connectivity index (χ0) is 15.9. The van der Waals surface area contributed by atoms with Crippen LogP contribution in [0.5, 0.6) is 0 Å². The first-order valence-electron chi connectivity index (χ1n) is 7.75. The molecule has 1 unspecified atom stereocenters. The topological polar surface area (TPSA) is 77.8 Å². The molecule has 0 radical (unpaired) electrons. The fraction of sp³-hybridized carbons (Fsp3) is 0.625. The van der Waals surface area contributed by atoms with E-state index in [1.807, 2.05) is 5.38 Å². The molecule has 0 spiro atoms. The summed E-state index contributed by atoms with van der Waals surface area (Å²) >= 11 is 1.66. The Hall–Kier alpha value is -1.40. The number of aliphatic hydroxyl groups is 1. The van der Waals surface area contributed by atoms with Crippen LogP contribution in [0.3, 0.4) is 0 Å². The van der Waals surface area contributed by atoms with Crippen LogP contribution in [0.1, 0.15) is 47.0 Å². The third kappa shape index (κ3) is 2.65. The fourth-order valence-electron chi connectivity index (χ4n) is 3.32. The molecule has 0 saturated carbocycles. The average Bonchev–Trinajstić information content (AvgIpc) is 2.90. The summed E-state index contributed by atoms with van der Waals surface area (Å²) in [6.07, 6.45) is 3.30. The lowest BCUT2D eigenvalue weighted by Gasteiger charge is -2.35. The van der Waals surface area contributed by atoms with Gasteiger partial charge in [-0.05, 0) is 30.7 Å². The van der Waals surface area contributed by atoms with Crippen molar-refractivity contribution in [3.8, 4) is 0 Å². The number of aliphatic carboxylic acids is 1. The first-order valence-corrected chi connectivity index (χ1v) is 8.63. The first kappa shape index (κ1) is 15.5. The van der Waals surface area contributed by atoms with E-state index in [-0.39, 0.29) is 18.7 Å². The van der Waals surface area contributed by atoms with Crippen molar-refractivity contribution in [2.75, 3.05) is 13.1 Å². The van der Waals surface area contributed by atoms with Gasteiger partial charge in [-0.15, -0.1) is 11.3 Å². The molecule has 1 aromatic rings. The number of nitrogens with zero attached hydrogens (tertiary/aromatic N) is 1. The van der Waals surface area contributed by atoms with Gasteiger partial charge in [-0.2, -0.15) is 0 Å². The number of carboxylic acids is 1. The molecule has 1 saturated heterocycles. The maximum atomic E-state index is 12.7. The number of hydrogen-bond donors (Lipinski definition) is 2. The average molecular weight is 323 g/mol. The van der Waals surface area contributed by atoms with Gasteiger partial charge in [-0.25, -0.2) is 4.79 Å². The van der Waals surface area contributed by atoms with E-state index in [0.29, 0.717) is 19.0 Å². The molecule has 1 aromatic heterocycles. The molecule has 1 fully saturated rings. The molecule has 0 aromatic carbocycles. The van der Waals surface area contributed by atoms with Crippen molar-refractivity contribution in [2.45, 2.75) is 44.6 Å².